The highest BCUT2D eigenvalue weighted by molar-refractivity contribution is 6.18. The first-order valence-corrected chi connectivity index (χ1v) is 5.36. The molecule has 1 rings (SSSR count). The number of hydrogen-bond donors (Lipinski definition) is 0. The first-order chi connectivity index (χ1) is 6.77. The van der Waals surface area contributed by atoms with Gasteiger partial charge >= 0.3 is 0 Å². The standard InChI is InChI=1S/C11H16ClNO/c1-3-13(9-8-12)14-11-7-5-4-6-10(11)2/h4-7H,3,8-9H2,1-2H3. The largest absolute Gasteiger partial charge is 0.406 e. The van der Waals surface area contributed by atoms with Gasteiger partial charge in [-0.05, 0) is 25.5 Å². The van der Waals surface area contributed by atoms with Gasteiger partial charge in [0.25, 0.3) is 0 Å². The molecule has 0 saturated heterocycles. The SMILES string of the molecule is CCN(CCCl)Oc1ccccc1C. The van der Waals surface area contributed by atoms with E-state index >= 15 is 0 Å². The Balaban J connectivity index is 2.62. The zero-order chi connectivity index (χ0) is 10.4. The van der Waals surface area contributed by atoms with Gasteiger partial charge in [0.2, 0.25) is 0 Å². The fraction of sp³-hybridized carbons (Fsp3) is 0.455. The summed E-state index contributed by atoms with van der Waals surface area (Å²) in [4.78, 5) is 5.68. The van der Waals surface area contributed by atoms with Gasteiger partial charge in [-0.2, -0.15) is 0 Å². The number of halogens is 1. The van der Waals surface area contributed by atoms with E-state index in [4.69, 9.17) is 16.4 Å². The average molecular weight is 214 g/mol. The lowest BCUT2D eigenvalue weighted by Crippen LogP contribution is -2.29. The molecule has 0 N–H and O–H groups in total. The molecule has 0 aliphatic rings. The third-order valence-electron chi connectivity index (χ3n) is 2.01. The summed E-state index contributed by atoms with van der Waals surface area (Å²) >= 11 is 5.66. The number of nitrogens with zero attached hydrogens (tertiary/aromatic N) is 1. The van der Waals surface area contributed by atoms with Crippen LogP contribution in [-0.4, -0.2) is 24.0 Å². The van der Waals surface area contributed by atoms with Crippen molar-refractivity contribution in [1.29, 1.82) is 0 Å². The van der Waals surface area contributed by atoms with Crippen molar-refractivity contribution in [1.82, 2.24) is 5.06 Å². The van der Waals surface area contributed by atoms with E-state index in [2.05, 4.69) is 0 Å². The minimum Gasteiger partial charge on any atom is -0.406 e. The van der Waals surface area contributed by atoms with E-state index in [9.17, 15) is 0 Å². The van der Waals surface area contributed by atoms with Crippen LogP contribution >= 0.6 is 11.6 Å². The van der Waals surface area contributed by atoms with Crippen LogP contribution < -0.4 is 4.84 Å². The van der Waals surface area contributed by atoms with Gasteiger partial charge in [0, 0.05) is 19.0 Å². The lowest BCUT2D eigenvalue weighted by atomic mass is 10.2. The van der Waals surface area contributed by atoms with Crippen molar-refractivity contribution < 1.29 is 4.84 Å². The zero-order valence-corrected chi connectivity index (χ0v) is 9.42. The lowest BCUT2D eigenvalue weighted by Gasteiger charge is -2.20. The Labute approximate surface area is 90.4 Å². The van der Waals surface area contributed by atoms with E-state index in [1.54, 1.807) is 0 Å². The Morgan fingerprint density at radius 3 is 2.64 bits per heavy atom. The van der Waals surface area contributed by atoms with Crippen LogP contribution in [0.25, 0.3) is 0 Å². The maximum absolute atomic E-state index is 5.68. The first kappa shape index (κ1) is 11.3. The predicted molar refractivity (Wildman–Crippen MR) is 59.8 cm³/mol. The smallest absolute Gasteiger partial charge is 0.150 e. The van der Waals surface area contributed by atoms with Gasteiger partial charge in [-0.25, -0.2) is 0 Å². The summed E-state index contributed by atoms with van der Waals surface area (Å²) in [6.07, 6.45) is 0. The van der Waals surface area contributed by atoms with Crippen molar-refractivity contribution >= 4 is 11.6 Å². The fourth-order valence-corrected chi connectivity index (χ4v) is 1.35. The van der Waals surface area contributed by atoms with Crippen LogP contribution in [0, 0.1) is 6.92 Å². The predicted octanol–water partition coefficient (Wildman–Crippen LogP) is 2.85. The van der Waals surface area contributed by atoms with Gasteiger partial charge in [-0.1, -0.05) is 18.2 Å². The van der Waals surface area contributed by atoms with Crippen LogP contribution in [0.5, 0.6) is 5.75 Å². The zero-order valence-electron chi connectivity index (χ0n) is 8.66. The molecule has 1 aromatic rings. The molecular formula is C11H16ClNO. The van der Waals surface area contributed by atoms with E-state index in [0.29, 0.717) is 5.88 Å². The van der Waals surface area contributed by atoms with Gasteiger partial charge in [0.05, 0.1) is 0 Å². The van der Waals surface area contributed by atoms with Gasteiger partial charge < -0.3 is 4.84 Å². The molecule has 78 valence electrons. The Kier molecular flexibility index (Phi) is 4.77. The van der Waals surface area contributed by atoms with E-state index in [1.807, 2.05) is 43.2 Å². The molecule has 0 spiro atoms. The van der Waals surface area contributed by atoms with Crippen molar-refractivity contribution in [3.05, 3.63) is 29.8 Å². The number of hydrogen-bond acceptors (Lipinski definition) is 2. The summed E-state index contributed by atoms with van der Waals surface area (Å²) in [6.45, 7) is 5.65. The Morgan fingerprint density at radius 1 is 1.36 bits per heavy atom. The number of para-hydroxylation sites is 1. The molecule has 0 amide bonds. The molecule has 0 aromatic heterocycles. The highest BCUT2D eigenvalue weighted by atomic mass is 35.5. The highest BCUT2D eigenvalue weighted by Crippen LogP contribution is 2.17. The maximum Gasteiger partial charge on any atom is 0.150 e. The van der Waals surface area contributed by atoms with E-state index < -0.39 is 0 Å². The monoisotopic (exact) mass is 213 g/mol. The van der Waals surface area contributed by atoms with Crippen molar-refractivity contribution in [3.63, 3.8) is 0 Å². The molecule has 0 saturated carbocycles. The van der Waals surface area contributed by atoms with Crippen LogP contribution in [0.3, 0.4) is 0 Å². The normalized spacial score (nSPS) is 10.6. The third-order valence-corrected chi connectivity index (χ3v) is 2.18. The molecule has 0 bridgehead atoms. The van der Waals surface area contributed by atoms with Gasteiger partial charge in [-0.15, -0.1) is 16.7 Å². The summed E-state index contributed by atoms with van der Waals surface area (Å²) in [5.74, 6) is 1.49. The lowest BCUT2D eigenvalue weighted by molar-refractivity contribution is -0.0484. The van der Waals surface area contributed by atoms with Crippen molar-refractivity contribution in [3.8, 4) is 5.75 Å². The second-order valence-electron chi connectivity index (χ2n) is 3.07. The minimum atomic E-state index is 0.583. The van der Waals surface area contributed by atoms with E-state index in [1.165, 1.54) is 0 Å². The molecule has 1 aromatic carbocycles. The van der Waals surface area contributed by atoms with Crippen LogP contribution in [0.4, 0.5) is 0 Å². The summed E-state index contributed by atoms with van der Waals surface area (Å²) in [5, 5.41) is 1.86. The molecule has 0 aliphatic heterocycles. The number of rotatable bonds is 5. The molecule has 3 heteroatoms. The van der Waals surface area contributed by atoms with E-state index in [-0.39, 0.29) is 0 Å². The fourth-order valence-electron chi connectivity index (χ4n) is 1.16. The number of benzene rings is 1. The Bertz CT molecular complexity index is 278. The maximum atomic E-state index is 5.68. The molecule has 0 heterocycles. The molecule has 0 radical (unpaired) electrons. The number of alkyl halides is 1. The number of aryl methyl sites for hydroxylation is 1. The van der Waals surface area contributed by atoms with Crippen LogP contribution in [0.2, 0.25) is 0 Å². The van der Waals surface area contributed by atoms with Gasteiger partial charge in [-0.3, -0.25) is 0 Å². The molecule has 0 unspecified atom stereocenters. The minimum absolute atomic E-state index is 0.583. The second-order valence-corrected chi connectivity index (χ2v) is 3.45. The molecule has 0 atom stereocenters. The van der Waals surface area contributed by atoms with Crippen LogP contribution in [-0.2, 0) is 0 Å². The van der Waals surface area contributed by atoms with Gasteiger partial charge in [0.15, 0.2) is 0 Å². The van der Waals surface area contributed by atoms with E-state index in [0.717, 1.165) is 24.4 Å². The van der Waals surface area contributed by atoms with Crippen LogP contribution in [0.15, 0.2) is 24.3 Å². The molecular weight excluding hydrogens is 198 g/mol. The van der Waals surface area contributed by atoms with Crippen molar-refractivity contribution in [2.45, 2.75) is 13.8 Å². The first-order valence-electron chi connectivity index (χ1n) is 4.82. The highest BCUT2D eigenvalue weighted by Gasteiger charge is 2.04. The van der Waals surface area contributed by atoms with Gasteiger partial charge in [0.1, 0.15) is 5.75 Å². The molecule has 14 heavy (non-hydrogen) atoms. The Hall–Kier alpha value is -0.730. The summed E-state index contributed by atoms with van der Waals surface area (Å²) < 4.78 is 0. The summed E-state index contributed by atoms with van der Waals surface area (Å²) in [7, 11) is 0. The topological polar surface area (TPSA) is 12.5 Å². The molecule has 0 fully saturated rings. The third kappa shape index (κ3) is 3.20. The summed E-state index contributed by atoms with van der Waals surface area (Å²) in [5.41, 5.74) is 1.14. The summed E-state index contributed by atoms with van der Waals surface area (Å²) in [6, 6.07) is 7.97. The van der Waals surface area contributed by atoms with Crippen LogP contribution in [0.1, 0.15) is 12.5 Å². The van der Waals surface area contributed by atoms with Crippen molar-refractivity contribution in [2.24, 2.45) is 0 Å². The molecule has 0 aliphatic carbocycles. The van der Waals surface area contributed by atoms with Crippen molar-refractivity contribution in [2.75, 3.05) is 19.0 Å². The average Bonchev–Trinajstić information content (AvgIpc) is 2.20. The quantitative estimate of drug-likeness (QED) is 0.551. The molecule has 2 nitrogen and oxygen atoms in total. The second kappa shape index (κ2) is 5.89. The number of hydroxylamine groups is 2. The Morgan fingerprint density at radius 2 is 2.07 bits per heavy atom.